The van der Waals surface area contributed by atoms with Gasteiger partial charge < -0.3 is 14.6 Å². The van der Waals surface area contributed by atoms with Gasteiger partial charge in [-0.25, -0.2) is 0 Å². The van der Waals surface area contributed by atoms with E-state index in [1.54, 1.807) is 0 Å². The maximum Gasteiger partial charge on any atom is 0.0913 e. The van der Waals surface area contributed by atoms with Crippen LogP contribution in [0.2, 0.25) is 0 Å². The van der Waals surface area contributed by atoms with Crippen LogP contribution >= 0.6 is 11.8 Å². The van der Waals surface area contributed by atoms with Gasteiger partial charge in [-0.05, 0) is 61.5 Å². The maximum atomic E-state index is 10.9. The second kappa shape index (κ2) is 6.03. The Morgan fingerprint density at radius 3 is 2.71 bits per heavy atom. The molecule has 0 aliphatic carbocycles. The molecule has 0 radical (unpaired) electrons. The molecule has 3 rings (SSSR count). The zero-order chi connectivity index (χ0) is 14.9. The average molecular weight is 304 g/mol. The molecule has 0 saturated carbocycles. The summed E-state index contributed by atoms with van der Waals surface area (Å²) < 4.78 is 2.29. The zero-order valence-electron chi connectivity index (χ0n) is 12.9. The number of thioether (sulfide) groups is 1. The number of fused-ring (bicyclic) bond motifs is 1. The van der Waals surface area contributed by atoms with E-state index in [9.17, 15) is 5.11 Å². The van der Waals surface area contributed by atoms with E-state index in [4.69, 9.17) is 0 Å². The van der Waals surface area contributed by atoms with Crippen molar-refractivity contribution < 1.29 is 5.11 Å². The van der Waals surface area contributed by atoms with Crippen molar-refractivity contribution in [1.82, 2.24) is 9.47 Å². The standard InChI is InChI=1S/C17H24N2OS/c1-18(2)9-10-19-8-5-14-3-4-15(13-16(14)19)17(20)6-11-21-12-7-17/h3-5,8,13,20H,6-7,9-12H2,1-2H3. The predicted molar refractivity (Wildman–Crippen MR) is 90.9 cm³/mol. The fourth-order valence-electron chi connectivity index (χ4n) is 2.97. The largest absolute Gasteiger partial charge is 0.385 e. The molecule has 0 spiro atoms. The minimum atomic E-state index is -0.629. The molecule has 4 heteroatoms. The second-order valence-corrected chi connectivity index (χ2v) is 7.45. The van der Waals surface area contributed by atoms with Gasteiger partial charge in [0.15, 0.2) is 0 Å². The van der Waals surface area contributed by atoms with Crippen molar-refractivity contribution >= 4 is 22.7 Å². The molecule has 2 aromatic rings. The first-order valence-corrected chi connectivity index (χ1v) is 8.78. The van der Waals surface area contributed by atoms with Gasteiger partial charge in [0.2, 0.25) is 0 Å². The Balaban J connectivity index is 1.92. The number of hydrogen-bond acceptors (Lipinski definition) is 3. The van der Waals surface area contributed by atoms with E-state index in [1.807, 2.05) is 11.8 Å². The van der Waals surface area contributed by atoms with Crippen molar-refractivity contribution in [3.8, 4) is 0 Å². The average Bonchev–Trinajstić information content (AvgIpc) is 2.88. The molecule has 3 nitrogen and oxygen atoms in total. The van der Waals surface area contributed by atoms with Gasteiger partial charge in [0, 0.05) is 24.8 Å². The molecule has 1 fully saturated rings. The van der Waals surface area contributed by atoms with Crippen molar-refractivity contribution in [2.24, 2.45) is 0 Å². The fraction of sp³-hybridized carbons (Fsp3) is 0.529. The summed E-state index contributed by atoms with van der Waals surface area (Å²) in [4.78, 5) is 2.20. The molecular weight excluding hydrogens is 280 g/mol. The van der Waals surface area contributed by atoms with Crippen LogP contribution in [0.1, 0.15) is 18.4 Å². The van der Waals surface area contributed by atoms with Crippen LogP contribution in [0.4, 0.5) is 0 Å². The third-order valence-electron chi connectivity index (χ3n) is 4.42. The zero-order valence-corrected chi connectivity index (χ0v) is 13.7. The van der Waals surface area contributed by atoms with Crippen LogP contribution in [0.15, 0.2) is 30.5 Å². The molecule has 21 heavy (non-hydrogen) atoms. The summed E-state index contributed by atoms with van der Waals surface area (Å²) in [6, 6.07) is 8.61. The summed E-state index contributed by atoms with van der Waals surface area (Å²) >= 11 is 1.94. The van der Waals surface area contributed by atoms with Gasteiger partial charge in [0.25, 0.3) is 0 Å². The van der Waals surface area contributed by atoms with Crippen molar-refractivity contribution in [1.29, 1.82) is 0 Å². The van der Waals surface area contributed by atoms with Crippen LogP contribution in [0.3, 0.4) is 0 Å². The summed E-state index contributed by atoms with van der Waals surface area (Å²) in [5.41, 5.74) is 1.69. The summed E-state index contributed by atoms with van der Waals surface area (Å²) in [6.45, 7) is 2.00. The Hall–Kier alpha value is -0.970. The summed E-state index contributed by atoms with van der Waals surface area (Å²) in [6.07, 6.45) is 3.88. The van der Waals surface area contributed by atoms with Crippen LogP contribution in [0.25, 0.3) is 10.9 Å². The summed E-state index contributed by atoms with van der Waals surface area (Å²) in [5.74, 6) is 2.10. The normalized spacial score (nSPS) is 18.5. The third-order valence-corrected chi connectivity index (χ3v) is 5.40. The molecule has 1 saturated heterocycles. The predicted octanol–water partition coefficient (Wildman–Crippen LogP) is 2.92. The lowest BCUT2D eigenvalue weighted by Crippen LogP contribution is -2.30. The third kappa shape index (κ3) is 3.12. The molecule has 1 aromatic carbocycles. The molecule has 0 amide bonds. The van der Waals surface area contributed by atoms with Crippen molar-refractivity contribution in [2.45, 2.75) is 25.0 Å². The van der Waals surface area contributed by atoms with Crippen LogP contribution < -0.4 is 0 Å². The highest BCUT2D eigenvalue weighted by molar-refractivity contribution is 7.99. The molecule has 0 atom stereocenters. The Labute approximate surface area is 130 Å². The molecule has 1 aliphatic heterocycles. The first kappa shape index (κ1) is 14.9. The van der Waals surface area contributed by atoms with E-state index in [-0.39, 0.29) is 0 Å². The van der Waals surface area contributed by atoms with E-state index >= 15 is 0 Å². The Morgan fingerprint density at radius 2 is 2.00 bits per heavy atom. The van der Waals surface area contributed by atoms with Gasteiger partial charge in [0.1, 0.15) is 0 Å². The van der Waals surface area contributed by atoms with Crippen LogP contribution in [0.5, 0.6) is 0 Å². The molecule has 1 aliphatic rings. The van der Waals surface area contributed by atoms with E-state index in [2.05, 4.69) is 54.0 Å². The van der Waals surface area contributed by atoms with Crippen LogP contribution in [0, 0.1) is 0 Å². The van der Waals surface area contributed by atoms with Crippen molar-refractivity contribution in [2.75, 3.05) is 32.1 Å². The van der Waals surface area contributed by atoms with E-state index < -0.39 is 5.60 Å². The van der Waals surface area contributed by atoms with Crippen molar-refractivity contribution in [3.63, 3.8) is 0 Å². The monoisotopic (exact) mass is 304 g/mol. The number of rotatable bonds is 4. The highest BCUT2D eigenvalue weighted by atomic mass is 32.2. The molecule has 1 aromatic heterocycles. The Kier molecular flexibility index (Phi) is 4.29. The van der Waals surface area contributed by atoms with Gasteiger partial charge in [-0.1, -0.05) is 12.1 Å². The number of benzene rings is 1. The van der Waals surface area contributed by atoms with E-state index in [0.29, 0.717) is 0 Å². The van der Waals surface area contributed by atoms with Gasteiger partial charge in [-0.2, -0.15) is 11.8 Å². The molecule has 2 heterocycles. The highest BCUT2D eigenvalue weighted by Crippen LogP contribution is 2.37. The SMILES string of the molecule is CN(C)CCn1ccc2ccc(C3(O)CCSCC3)cc21. The Morgan fingerprint density at radius 1 is 1.24 bits per heavy atom. The topological polar surface area (TPSA) is 28.4 Å². The number of hydrogen-bond donors (Lipinski definition) is 1. The minimum Gasteiger partial charge on any atom is -0.385 e. The van der Waals surface area contributed by atoms with E-state index in [1.165, 1.54) is 10.9 Å². The molecule has 114 valence electrons. The number of likely N-dealkylation sites (N-methyl/N-ethyl adjacent to an activating group) is 1. The van der Waals surface area contributed by atoms with Gasteiger partial charge >= 0.3 is 0 Å². The lowest BCUT2D eigenvalue weighted by molar-refractivity contribution is 0.0282. The van der Waals surface area contributed by atoms with Crippen LogP contribution in [-0.2, 0) is 12.1 Å². The van der Waals surface area contributed by atoms with Crippen LogP contribution in [-0.4, -0.2) is 46.7 Å². The quantitative estimate of drug-likeness (QED) is 0.941. The molecular formula is C17H24N2OS. The van der Waals surface area contributed by atoms with Gasteiger partial charge in [-0.3, -0.25) is 0 Å². The minimum absolute atomic E-state index is 0.629. The van der Waals surface area contributed by atoms with E-state index in [0.717, 1.165) is 43.0 Å². The highest BCUT2D eigenvalue weighted by Gasteiger charge is 2.31. The van der Waals surface area contributed by atoms with Gasteiger partial charge in [0.05, 0.1) is 5.60 Å². The molecule has 0 unspecified atom stereocenters. The molecule has 1 N–H and O–H groups in total. The summed E-state index contributed by atoms with van der Waals surface area (Å²) in [7, 11) is 4.19. The number of aliphatic hydroxyl groups is 1. The van der Waals surface area contributed by atoms with Gasteiger partial charge in [-0.15, -0.1) is 0 Å². The fourth-order valence-corrected chi connectivity index (χ4v) is 4.14. The smallest absolute Gasteiger partial charge is 0.0913 e. The lowest BCUT2D eigenvalue weighted by Gasteiger charge is -2.32. The van der Waals surface area contributed by atoms with Crippen molar-refractivity contribution in [3.05, 3.63) is 36.0 Å². The number of nitrogens with zero attached hydrogens (tertiary/aromatic N) is 2. The first-order chi connectivity index (χ1) is 10.1. The summed E-state index contributed by atoms with van der Waals surface area (Å²) in [5, 5.41) is 12.2. The molecule has 0 bridgehead atoms. The first-order valence-electron chi connectivity index (χ1n) is 7.63. The Bertz CT molecular complexity index is 614. The number of aromatic nitrogens is 1. The second-order valence-electron chi connectivity index (χ2n) is 6.23. The maximum absolute atomic E-state index is 10.9. The lowest BCUT2D eigenvalue weighted by atomic mass is 9.88.